The molecule has 0 saturated heterocycles. The second-order valence-electron chi connectivity index (χ2n) is 4.99. The Kier molecular flexibility index (Phi) is 4.39. The van der Waals surface area contributed by atoms with E-state index in [-0.39, 0.29) is 6.79 Å². The number of ether oxygens (including phenoxy) is 4. The minimum atomic E-state index is 0.157. The lowest BCUT2D eigenvalue weighted by atomic mass is 10.1. The van der Waals surface area contributed by atoms with Gasteiger partial charge >= 0.3 is 0 Å². The van der Waals surface area contributed by atoms with Crippen LogP contribution in [0.4, 0.5) is 0 Å². The highest BCUT2D eigenvalue weighted by Crippen LogP contribution is 2.39. The number of fused-ring (bicyclic) bond motifs is 1. The summed E-state index contributed by atoms with van der Waals surface area (Å²) in [5.41, 5.74) is 2.90. The van der Waals surface area contributed by atoms with Gasteiger partial charge in [0, 0.05) is 23.6 Å². The third-order valence-electron chi connectivity index (χ3n) is 3.66. The van der Waals surface area contributed by atoms with Gasteiger partial charge in [0.1, 0.15) is 5.75 Å². The zero-order chi connectivity index (χ0) is 16.2. The first-order valence-electron chi connectivity index (χ1n) is 7.23. The van der Waals surface area contributed by atoms with Gasteiger partial charge in [0.15, 0.2) is 18.3 Å². The van der Waals surface area contributed by atoms with Crippen molar-refractivity contribution in [1.29, 1.82) is 0 Å². The fourth-order valence-corrected chi connectivity index (χ4v) is 2.60. The lowest BCUT2D eigenvalue weighted by Gasteiger charge is -2.10. The van der Waals surface area contributed by atoms with Gasteiger partial charge in [-0.1, -0.05) is 12.1 Å². The predicted octanol–water partition coefficient (Wildman–Crippen LogP) is 3.83. The molecule has 3 rings (SSSR count). The zero-order valence-corrected chi connectivity index (χ0v) is 13.4. The molecular formula is C18H19NO4. The van der Waals surface area contributed by atoms with E-state index in [1.54, 1.807) is 21.3 Å². The topological polar surface area (TPSA) is 52.7 Å². The van der Waals surface area contributed by atoms with Gasteiger partial charge in [-0.15, -0.1) is 0 Å². The van der Waals surface area contributed by atoms with Crippen LogP contribution in [0, 0.1) is 0 Å². The van der Waals surface area contributed by atoms with E-state index in [2.05, 4.69) is 4.98 Å². The van der Waals surface area contributed by atoms with Crippen LogP contribution in [0.15, 0.2) is 42.5 Å². The van der Waals surface area contributed by atoms with Crippen LogP contribution < -0.4 is 14.2 Å². The first-order valence-corrected chi connectivity index (χ1v) is 7.23. The highest BCUT2D eigenvalue weighted by Gasteiger charge is 2.15. The lowest BCUT2D eigenvalue weighted by Crippen LogP contribution is -2.00. The van der Waals surface area contributed by atoms with Gasteiger partial charge in [-0.3, -0.25) is 0 Å². The van der Waals surface area contributed by atoms with E-state index < -0.39 is 0 Å². The second-order valence-corrected chi connectivity index (χ2v) is 4.99. The fraction of sp³-hybridized carbons (Fsp3) is 0.222. The molecule has 0 radical (unpaired) electrons. The number of rotatable bonds is 6. The Morgan fingerprint density at radius 2 is 1.70 bits per heavy atom. The molecule has 0 bridgehead atoms. The van der Waals surface area contributed by atoms with Crippen LogP contribution in [-0.2, 0) is 4.74 Å². The highest BCUT2D eigenvalue weighted by molar-refractivity contribution is 5.93. The number of hydrogen-bond donors (Lipinski definition) is 1. The molecule has 1 heterocycles. The van der Waals surface area contributed by atoms with E-state index in [1.807, 2.05) is 42.5 Å². The van der Waals surface area contributed by atoms with E-state index in [0.29, 0.717) is 11.5 Å². The molecule has 23 heavy (non-hydrogen) atoms. The van der Waals surface area contributed by atoms with Crippen molar-refractivity contribution in [3.8, 4) is 28.5 Å². The highest BCUT2D eigenvalue weighted by atomic mass is 16.7. The number of aromatic amines is 1. The number of aromatic nitrogens is 1. The van der Waals surface area contributed by atoms with Gasteiger partial charge in [-0.05, 0) is 30.3 Å². The van der Waals surface area contributed by atoms with Crippen LogP contribution in [0.2, 0.25) is 0 Å². The van der Waals surface area contributed by atoms with E-state index in [9.17, 15) is 0 Å². The average Bonchev–Trinajstić information content (AvgIpc) is 3.03. The van der Waals surface area contributed by atoms with Gasteiger partial charge in [0.2, 0.25) is 0 Å². The van der Waals surface area contributed by atoms with E-state index in [1.165, 1.54) is 0 Å². The third-order valence-corrected chi connectivity index (χ3v) is 3.66. The van der Waals surface area contributed by atoms with Crippen molar-refractivity contribution < 1.29 is 18.9 Å². The number of H-pyrrole nitrogens is 1. The molecule has 0 unspecified atom stereocenters. The molecular weight excluding hydrogens is 294 g/mol. The summed E-state index contributed by atoms with van der Waals surface area (Å²) in [5.74, 6) is 2.13. The van der Waals surface area contributed by atoms with Gasteiger partial charge in [0.05, 0.1) is 19.9 Å². The van der Waals surface area contributed by atoms with Crippen LogP contribution in [0.1, 0.15) is 0 Å². The Labute approximate surface area is 134 Å². The molecule has 0 saturated carbocycles. The van der Waals surface area contributed by atoms with Gasteiger partial charge in [-0.25, -0.2) is 0 Å². The summed E-state index contributed by atoms with van der Waals surface area (Å²) >= 11 is 0. The molecule has 1 aromatic heterocycles. The minimum absolute atomic E-state index is 0.157. The lowest BCUT2D eigenvalue weighted by molar-refractivity contribution is 0.0503. The standard InChI is InChI=1S/C18H19NO4/c1-20-11-23-18-13-10-15(12-6-4-5-7-16(12)21-2)19-14(13)8-9-17(18)22-3/h4-10,19H,11H2,1-3H3. The number of benzene rings is 2. The summed E-state index contributed by atoms with van der Waals surface area (Å²) in [5, 5.41) is 0.933. The second kappa shape index (κ2) is 6.62. The van der Waals surface area contributed by atoms with Gasteiger partial charge < -0.3 is 23.9 Å². The van der Waals surface area contributed by atoms with E-state index >= 15 is 0 Å². The normalized spacial score (nSPS) is 10.7. The summed E-state index contributed by atoms with van der Waals surface area (Å²) < 4.78 is 21.5. The van der Waals surface area contributed by atoms with Crippen molar-refractivity contribution in [2.45, 2.75) is 0 Å². The molecule has 0 aliphatic rings. The number of para-hydroxylation sites is 1. The van der Waals surface area contributed by atoms with Crippen molar-refractivity contribution in [2.75, 3.05) is 28.1 Å². The van der Waals surface area contributed by atoms with Crippen LogP contribution in [0.5, 0.6) is 17.2 Å². The minimum Gasteiger partial charge on any atom is -0.496 e. The van der Waals surface area contributed by atoms with Gasteiger partial charge in [-0.2, -0.15) is 0 Å². The number of methoxy groups -OCH3 is 3. The molecule has 0 amide bonds. The Hall–Kier alpha value is -2.66. The molecule has 5 heteroatoms. The summed E-state index contributed by atoms with van der Waals surface area (Å²) in [6, 6.07) is 13.7. The number of nitrogens with one attached hydrogen (secondary N) is 1. The molecule has 0 spiro atoms. The SMILES string of the molecule is COCOc1c(OC)ccc2[nH]c(-c3ccccc3OC)cc12. The van der Waals surface area contributed by atoms with E-state index in [4.69, 9.17) is 18.9 Å². The van der Waals surface area contributed by atoms with Crippen LogP contribution >= 0.6 is 0 Å². The number of hydrogen-bond acceptors (Lipinski definition) is 4. The molecule has 0 aliphatic heterocycles. The quantitative estimate of drug-likeness (QED) is 0.703. The van der Waals surface area contributed by atoms with Crippen molar-refractivity contribution in [3.05, 3.63) is 42.5 Å². The van der Waals surface area contributed by atoms with Gasteiger partial charge in [0.25, 0.3) is 0 Å². The maximum atomic E-state index is 5.70. The smallest absolute Gasteiger partial charge is 0.188 e. The van der Waals surface area contributed by atoms with Crippen molar-refractivity contribution in [3.63, 3.8) is 0 Å². The fourth-order valence-electron chi connectivity index (χ4n) is 2.60. The van der Waals surface area contributed by atoms with Crippen molar-refractivity contribution in [2.24, 2.45) is 0 Å². The summed E-state index contributed by atoms with van der Waals surface area (Å²) in [6.45, 7) is 0.157. The summed E-state index contributed by atoms with van der Waals surface area (Å²) in [6.07, 6.45) is 0. The van der Waals surface area contributed by atoms with Crippen LogP contribution in [0.25, 0.3) is 22.2 Å². The Balaban J connectivity index is 2.14. The molecule has 0 aliphatic carbocycles. The van der Waals surface area contributed by atoms with E-state index in [0.717, 1.165) is 27.9 Å². The maximum Gasteiger partial charge on any atom is 0.188 e. The Morgan fingerprint density at radius 3 is 2.43 bits per heavy atom. The first kappa shape index (κ1) is 15.2. The predicted molar refractivity (Wildman–Crippen MR) is 89.3 cm³/mol. The van der Waals surface area contributed by atoms with Crippen molar-refractivity contribution >= 4 is 10.9 Å². The third kappa shape index (κ3) is 2.83. The molecule has 0 atom stereocenters. The maximum absolute atomic E-state index is 5.70. The average molecular weight is 313 g/mol. The summed E-state index contributed by atoms with van der Waals surface area (Å²) in [7, 11) is 4.87. The Bertz CT molecular complexity index is 810. The molecule has 2 aromatic carbocycles. The molecule has 5 nitrogen and oxygen atoms in total. The molecule has 120 valence electrons. The van der Waals surface area contributed by atoms with Crippen LogP contribution in [-0.4, -0.2) is 33.1 Å². The monoisotopic (exact) mass is 313 g/mol. The summed E-state index contributed by atoms with van der Waals surface area (Å²) in [4.78, 5) is 3.40. The first-order chi connectivity index (χ1) is 11.3. The zero-order valence-electron chi connectivity index (χ0n) is 13.4. The van der Waals surface area contributed by atoms with Crippen LogP contribution in [0.3, 0.4) is 0 Å². The largest absolute Gasteiger partial charge is 0.496 e. The van der Waals surface area contributed by atoms with Crippen molar-refractivity contribution in [1.82, 2.24) is 4.98 Å². The molecule has 3 aromatic rings. The Morgan fingerprint density at radius 1 is 0.913 bits per heavy atom. The molecule has 1 N–H and O–H groups in total. The molecule has 0 fully saturated rings.